The van der Waals surface area contributed by atoms with Crippen molar-refractivity contribution < 1.29 is 9.53 Å². The lowest BCUT2D eigenvalue weighted by Crippen LogP contribution is -2.46. The van der Waals surface area contributed by atoms with Gasteiger partial charge < -0.3 is 15.4 Å². The Balaban J connectivity index is 1.58. The zero-order valence-electron chi connectivity index (χ0n) is 16.6. The van der Waals surface area contributed by atoms with Crippen LogP contribution in [0.2, 0.25) is 0 Å². The van der Waals surface area contributed by atoms with Crippen molar-refractivity contribution in [2.75, 3.05) is 26.8 Å². The van der Waals surface area contributed by atoms with E-state index in [0.29, 0.717) is 25.2 Å². The maximum Gasteiger partial charge on any atom is 0.237 e. The van der Waals surface area contributed by atoms with Gasteiger partial charge in [-0.1, -0.05) is 36.4 Å². The summed E-state index contributed by atoms with van der Waals surface area (Å²) in [4.78, 5) is 14.9. The van der Waals surface area contributed by atoms with Crippen molar-refractivity contribution in [2.45, 2.75) is 44.9 Å². The number of likely N-dealkylation sites (tertiary alicyclic amines) is 1. The van der Waals surface area contributed by atoms with Crippen molar-refractivity contribution in [1.82, 2.24) is 15.5 Å². The number of carbonyl (C=O) groups excluding carboxylic acids is 1. The molecule has 1 amide bonds. The van der Waals surface area contributed by atoms with Gasteiger partial charge in [0.15, 0.2) is 0 Å². The molecule has 5 nitrogen and oxygen atoms in total. The summed E-state index contributed by atoms with van der Waals surface area (Å²) in [5, 5.41) is 9.18. The van der Waals surface area contributed by atoms with Crippen LogP contribution in [0.3, 0.4) is 0 Å². The van der Waals surface area contributed by atoms with Crippen LogP contribution in [-0.4, -0.2) is 55.7 Å². The number of benzene rings is 2. The molecule has 0 spiro atoms. The molecular formula is C22H31N3O2. The van der Waals surface area contributed by atoms with Gasteiger partial charge in [0.25, 0.3) is 0 Å². The average molecular weight is 370 g/mol. The van der Waals surface area contributed by atoms with Gasteiger partial charge in [-0.2, -0.15) is 0 Å². The molecule has 0 bridgehead atoms. The van der Waals surface area contributed by atoms with E-state index in [0.717, 1.165) is 19.5 Å². The summed E-state index contributed by atoms with van der Waals surface area (Å²) >= 11 is 0. The van der Waals surface area contributed by atoms with Crippen LogP contribution in [0, 0.1) is 0 Å². The summed E-state index contributed by atoms with van der Waals surface area (Å²) in [5.74, 6) is 0.107. The Morgan fingerprint density at radius 3 is 2.74 bits per heavy atom. The van der Waals surface area contributed by atoms with Gasteiger partial charge in [-0.05, 0) is 42.7 Å². The van der Waals surface area contributed by atoms with Crippen molar-refractivity contribution in [3.05, 3.63) is 48.0 Å². The Labute approximate surface area is 162 Å². The molecule has 0 radical (unpaired) electrons. The first kappa shape index (κ1) is 19.8. The highest BCUT2D eigenvalue weighted by Gasteiger charge is 2.37. The minimum Gasteiger partial charge on any atom is -0.383 e. The van der Waals surface area contributed by atoms with Crippen molar-refractivity contribution in [1.29, 1.82) is 0 Å². The second-order valence-corrected chi connectivity index (χ2v) is 7.59. The number of methoxy groups -OCH3 is 1. The normalized spacial score (nSPS) is 20.4. The van der Waals surface area contributed by atoms with E-state index < -0.39 is 0 Å². The minimum atomic E-state index is -0.0732. The predicted octanol–water partition coefficient (Wildman–Crippen LogP) is 2.54. The van der Waals surface area contributed by atoms with Gasteiger partial charge in [0, 0.05) is 38.8 Å². The van der Waals surface area contributed by atoms with Gasteiger partial charge in [-0.15, -0.1) is 0 Å². The standard InChI is InChI=1S/C22H31N3O2/c1-16(2)25-15-20(13-21(25)22(26)23-10-11-27-3)24-14-17-8-9-18-6-4-5-7-19(18)12-17/h4-9,12,16,20-21,24H,10-11,13-15H2,1-3H3,(H,23,26)/t20-,21+/m1/s1. The molecule has 0 unspecified atom stereocenters. The summed E-state index contributed by atoms with van der Waals surface area (Å²) in [6.45, 7) is 7.13. The molecule has 0 saturated carbocycles. The Morgan fingerprint density at radius 2 is 2.00 bits per heavy atom. The zero-order valence-corrected chi connectivity index (χ0v) is 16.6. The van der Waals surface area contributed by atoms with E-state index in [2.05, 4.69) is 71.8 Å². The highest BCUT2D eigenvalue weighted by molar-refractivity contribution is 5.83. The van der Waals surface area contributed by atoms with Crippen LogP contribution in [0.1, 0.15) is 25.8 Å². The fraction of sp³-hybridized carbons (Fsp3) is 0.500. The number of nitrogens with one attached hydrogen (secondary N) is 2. The molecule has 2 aromatic rings. The zero-order chi connectivity index (χ0) is 19.2. The maximum atomic E-state index is 12.6. The lowest BCUT2D eigenvalue weighted by molar-refractivity contribution is -0.126. The maximum absolute atomic E-state index is 12.6. The number of hydrogen-bond donors (Lipinski definition) is 2. The molecule has 5 heteroatoms. The number of fused-ring (bicyclic) bond motifs is 1. The van der Waals surface area contributed by atoms with Crippen LogP contribution in [-0.2, 0) is 16.1 Å². The third kappa shape index (κ3) is 5.06. The molecule has 2 N–H and O–H groups in total. The fourth-order valence-corrected chi connectivity index (χ4v) is 3.84. The van der Waals surface area contributed by atoms with Crippen molar-refractivity contribution in [2.24, 2.45) is 0 Å². The molecule has 1 heterocycles. The van der Waals surface area contributed by atoms with Gasteiger partial charge >= 0.3 is 0 Å². The van der Waals surface area contributed by atoms with Gasteiger partial charge in [-0.25, -0.2) is 0 Å². The first-order valence-corrected chi connectivity index (χ1v) is 9.82. The highest BCUT2D eigenvalue weighted by atomic mass is 16.5. The molecule has 2 aromatic carbocycles. The van der Waals surface area contributed by atoms with E-state index in [4.69, 9.17) is 4.74 Å². The van der Waals surface area contributed by atoms with Crippen LogP contribution in [0.25, 0.3) is 10.8 Å². The van der Waals surface area contributed by atoms with E-state index >= 15 is 0 Å². The summed E-state index contributed by atoms with van der Waals surface area (Å²) < 4.78 is 5.03. The van der Waals surface area contributed by atoms with Gasteiger partial charge in [0.05, 0.1) is 12.6 Å². The van der Waals surface area contributed by atoms with E-state index in [-0.39, 0.29) is 11.9 Å². The molecule has 1 aliphatic heterocycles. The number of nitrogens with zero attached hydrogens (tertiary/aromatic N) is 1. The largest absolute Gasteiger partial charge is 0.383 e. The quantitative estimate of drug-likeness (QED) is 0.702. The van der Waals surface area contributed by atoms with Gasteiger partial charge in [0.1, 0.15) is 0 Å². The van der Waals surface area contributed by atoms with Crippen LogP contribution >= 0.6 is 0 Å². The molecule has 1 aliphatic rings. The van der Waals surface area contributed by atoms with E-state index in [1.54, 1.807) is 7.11 Å². The van der Waals surface area contributed by atoms with Crippen molar-refractivity contribution in [3.8, 4) is 0 Å². The Hall–Kier alpha value is -1.95. The monoisotopic (exact) mass is 369 g/mol. The summed E-state index contributed by atoms with van der Waals surface area (Å²) in [6.07, 6.45) is 0.838. The number of hydrogen-bond acceptors (Lipinski definition) is 4. The first-order valence-electron chi connectivity index (χ1n) is 9.82. The van der Waals surface area contributed by atoms with Gasteiger partial charge in [-0.3, -0.25) is 9.69 Å². The average Bonchev–Trinajstić information content (AvgIpc) is 3.11. The molecule has 1 saturated heterocycles. The van der Waals surface area contributed by atoms with Crippen LogP contribution in [0.4, 0.5) is 0 Å². The minimum absolute atomic E-state index is 0.0732. The Morgan fingerprint density at radius 1 is 1.22 bits per heavy atom. The van der Waals surface area contributed by atoms with E-state index in [1.807, 2.05) is 0 Å². The van der Waals surface area contributed by atoms with Crippen molar-refractivity contribution >= 4 is 16.7 Å². The van der Waals surface area contributed by atoms with Crippen LogP contribution in [0.15, 0.2) is 42.5 Å². The number of rotatable bonds is 8. The fourth-order valence-electron chi connectivity index (χ4n) is 3.84. The Kier molecular flexibility index (Phi) is 6.83. The third-order valence-electron chi connectivity index (χ3n) is 5.32. The molecule has 3 rings (SSSR count). The lowest BCUT2D eigenvalue weighted by Gasteiger charge is -2.27. The molecule has 146 valence electrons. The SMILES string of the molecule is COCCNC(=O)[C@@H]1C[C@@H](NCc2ccc3ccccc3c2)CN1C(C)C. The molecule has 2 atom stereocenters. The summed E-state index contributed by atoms with van der Waals surface area (Å²) in [7, 11) is 1.65. The second-order valence-electron chi connectivity index (χ2n) is 7.59. The topological polar surface area (TPSA) is 53.6 Å². The van der Waals surface area contributed by atoms with E-state index in [1.165, 1.54) is 16.3 Å². The molecule has 1 fully saturated rings. The van der Waals surface area contributed by atoms with Gasteiger partial charge in [0.2, 0.25) is 5.91 Å². The highest BCUT2D eigenvalue weighted by Crippen LogP contribution is 2.22. The Bertz CT molecular complexity index is 762. The number of amides is 1. The summed E-state index contributed by atoms with van der Waals surface area (Å²) in [6, 6.07) is 15.6. The predicted molar refractivity (Wildman–Crippen MR) is 110 cm³/mol. The van der Waals surface area contributed by atoms with Crippen LogP contribution < -0.4 is 10.6 Å². The van der Waals surface area contributed by atoms with E-state index in [9.17, 15) is 4.79 Å². The lowest BCUT2D eigenvalue weighted by atomic mass is 10.1. The smallest absolute Gasteiger partial charge is 0.237 e. The number of carbonyl (C=O) groups is 1. The van der Waals surface area contributed by atoms with Crippen LogP contribution in [0.5, 0.6) is 0 Å². The summed E-state index contributed by atoms with van der Waals surface area (Å²) in [5.41, 5.74) is 1.28. The molecule has 0 aliphatic carbocycles. The third-order valence-corrected chi connectivity index (χ3v) is 5.32. The molecule has 0 aromatic heterocycles. The molecule has 27 heavy (non-hydrogen) atoms. The first-order chi connectivity index (χ1) is 13.1. The molecular weight excluding hydrogens is 338 g/mol. The van der Waals surface area contributed by atoms with Crippen molar-refractivity contribution in [3.63, 3.8) is 0 Å². The number of ether oxygens (including phenoxy) is 1. The second kappa shape index (κ2) is 9.31.